The summed E-state index contributed by atoms with van der Waals surface area (Å²) < 4.78 is 29.1. The van der Waals surface area contributed by atoms with Crippen LogP contribution in [-0.4, -0.2) is 44.3 Å². The minimum absolute atomic E-state index is 0.0781. The van der Waals surface area contributed by atoms with Crippen LogP contribution in [0.3, 0.4) is 0 Å². The predicted octanol–water partition coefficient (Wildman–Crippen LogP) is 5.27. The van der Waals surface area contributed by atoms with Gasteiger partial charge in [-0.1, -0.05) is 84.9 Å². The average Bonchev–Trinajstić information content (AvgIpc) is 2.99. The van der Waals surface area contributed by atoms with Crippen LogP contribution in [0.2, 0.25) is 0 Å². The van der Waals surface area contributed by atoms with Crippen molar-refractivity contribution >= 4 is 27.5 Å². The molecule has 1 N–H and O–H groups in total. The number of carbonyl (C=O) groups excluding carboxylic acids is 2. The van der Waals surface area contributed by atoms with Crippen LogP contribution in [0.25, 0.3) is 0 Å². The molecule has 0 saturated carbocycles. The number of amides is 2. The highest BCUT2D eigenvalue weighted by atomic mass is 32.2. The molecule has 0 bridgehead atoms. The summed E-state index contributed by atoms with van der Waals surface area (Å²) in [4.78, 5) is 29.5. The SMILES string of the molecule is CCNC(=O)[C@H](Cc1ccccc1)N(Cc1ccccc1C)C(=O)CN(c1cccc(C)c1)S(=O)(=O)c1ccccc1. The summed E-state index contributed by atoms with van der Waals surface area (Å²) in [6, 6.07) is 31.5. The zero-order chi connectivity index (χ0) is 30.1. The normalized spacial score (nSPS) is 11.9. The zero-order valence-corrected chi connectivity index (χ0v) is 25.1. The molecule has 0 heterocycles. The molecule has 4 rings (SSSR count). The van der Waals surface area contributed by atoms with Crippen LogP contribution in [0, 0.1) is 13.8 Å². The van der Waals surface area contributed by atoms with Gasteiger partial charge in [0.05, 0.1) is 10.6 Å². The number of rotatable bonds is 12. The van der Waals surface area contributed by atoms with Crippen LogP contribution in [0.4, 0.5) is 5.69 Å². The summed E-state index contributed by atoms with van der Waals surface area (Å²) in [7, 11) is -4.11. The fraction of sp³-hybridized carbons (Fsp3) is 0.235. The first-order valence-corrected chi connectivity index (χ1v) is 15.4. The molecule has 0 fully saturated rings. The molecule has 8 heteroatoms. The fourth-order valence-corrected chi connectivity index (χ4v) is 6.28. The Kier molecular flexibility index (Phi) is 10.1. The third-order valence-corrected chi connectivity index (χ3v) is 8.91. The first-order valence-electron chi connectivity index (χ1n) is 14.0. The van der Waals surface area contributed by atoms with Gasteiger partial charge in [-0.2, -0.15) is 0 Å². The van der Waals surface area contributed by atoms with Gasteiger partial charge in [0.1, 0.15) is 12.6 Å². The zero-order valence-electron chi connectivity index (χ0n) is 24.2. The van der Waals surface area contributed by atoms with Crippen molar-refractivity contribution in [2.24, 2.45) is 0 Å². The highest BCUT2D eigenvalue weighted by Crippen LogP contribution is 2.26. The lowest BCUT2D eigenvalue weighted by atomic mass is 10.0. The van der Waals surface area contributed by atoms with Crippen molar-refractivity contribution in [2.75, 3.05) is 17.4 Å². The Balaban J connectivity index is 1.80. The van der Waals surface area contributed by atoms with Crippen molar-refractivity contribution in [1.82, 2.24) is 10.2 Å². The lowest BCUT2D eigenvalue weighted by Crippen LogP contribution is -2.53. The highest BCUT2D eigenvalue weighted by molar-refractivity contribution is 7.92. The number of aryl methyl sites for hydroxylation is 2. The topological polar surface area (TPSA) is 86.8 Å². The number of likely N-dealkylation sites (N-methyl/N-ethyl adjacent to an activating group) is 1. The van der Waals surface area contributed by atoms with E-state index in [2.05, 4.69) is 5.32 Å². The van der Waals surface area contributed by atoms with Gasteiger partial charge in [0.2, 0.25) is 11.8 Å². The molecule has 0 unspecified atom stereocenters. The Morgan fingerprint density at radius 2 is 1.45 bits per heavy atom. The minimum Gasteiger partial charge on any atom is -0.355 e. The molecule has 2 amide bonds. The fourth-order valence-electron chi connectivity index (χ4n) is 4.85. The Bertz CT molecular complexity index is 1610. The van der Waals surface area contributed by atoms with Crippen LogP contribution in [0.1, 0.15) is 29.2 Å². The maximum absolute atomic E-state index is 14.4. The number of nitrogens with zero attached hydrogens (tertiary/aromatic N) is 2. The maximum Gasteiger partial charge on any atom is 0.264 e. The van der Waals surface area contributed by atoms with Crippen molar-refractivity contribution in [3.63, 3.8) is 0 Å². The lowest BCUT2D eigenvalue weighted by molar-refractivity contribution is -0.140. The molecule has 218 valence electrons. The second kappa shape index (κ2) is 14.0. The summed E-state index contributed by atoms with van der Waals surface area (Å²) in [5.41, 5.74) is 3.97. The first-order chi connectivity index (χ1) is 20.2. The molecule has 4 aromatic carbocycles. The van der Waals surface area contributed by atoms with Crippen molar-refractivity contribution in [2.45, 2.75) is 44.7 Å². The third kappa shape index (κ3) is 7.44. The highest BCUT2D eigenvalue weighted by Gasteiger charge is 2.34. The van der Waals surface area contributed by atoms with E-state index in [1.54, 1.807) is 36.4 Å². The molecule has 7 nitrogen and oxygen atoms in total. The van der Waals surface area contributed by atoms with Gasteiger partial charge in [0.25, 0.3) is 10.0 Å². The first kappa shape index (κ1) is 30.5. The minimum atomic E-state index is -4.11. The van der Waals surface area contributed by atoms with Gasteiger partial charge >= 0.3 is 0 Å². The van der Waals surface area contributed by atoms with E-state index in [-0.39, 0.29) is 23.8 Å². The van der Waals surface area contributed by atoms with Crippen LogP contribution in [-0.2, 0) is 32.6 Å². The van der Waals surface area contributed by atoms with E-state index in [1.165, 1.54) is 17.0 Å². The van der Waals surface area contributed by atoms with E-state index in [4.69, 9.17) is 0 Å². The monoisotopic (exact) mass is 583 g/mol. The van der Waals surface area contributed by atoms with Crippen LogP contribution in [0.5, 0.6) is 0 Å². The standard InChI is InChI=1S/C34H37N3O4S/c1-4-35-34(39)32(23-28-16-7-5-8-17-28)36(24-29-18-12-11-15-27(29)3)33(38)25-37(30-19-13-14-26(2)22-30)42(40,41)31-20-9-6-10-21-31/h5-22,32H,4,23-25H2,1-3H3,(H,35,39)/t32-/m0/s1. The second-order valence-corrected chi connectivity index (χ2v) is 12.1. The summed E-state index contributed by atoms with van der Waals surface area (Å²) in [5.74, 6) is -0.775. The van der Waals surface area contributed by atoms with Crippen LogP contribution >= 0.6 is 0 Å². The van der Waals surface area contributed by atoms with Gasteiger partial charge in [-0.25, -0.2) is 8.42 Å². The van der Waals surface area contributed by atoms with Crippen LogP contribution in [0.15, 0.2) is 114 Å². The van der Waals surface area contributed by atoms with E-state index in [0.717, 1.165) is 26.6 Å². The van der Waals surface area contributed by atoms with Gasteiger partial charge in [0.15, 0.2) is 0 Å². The molecular formula is C34H37N3O4S. The smallest absolute Gasteiger partial charge is 0.264 e. The van der Waals surface area contributed by atoms with Gasteiger partial charge in [-0.15, -0.1) is 0 Å². The lowest BCUT2D eigenvalue weighted by Gasteiger charge is -2.34. The second-order valence-electron chi connectivity index (χ2n) is 10.2. The molecule has 4 aromatic rings. The summed E-state index contributed by atoms with van der Waals surface area (Å²) in [6.07, 6.45) is 0.278. The third-order valence-electron chi connectivity index (χ3n) is 7.12. The van der Waals surface area contributed by atoms with Gasteiger partial charge in [0, 0.05) is 19.5 Å². The molecule has 0 saturated heterocycles. The van der Waals surface area contributed by atoms with Crippen molar-refractivity contribution in [3.8, 4) is 0 Å². The molecule has 0 spiro atoms. The Hall–Kier alpha value is -4.43. The van der Waals surface area contributed by atoms with Gasteiger partial charge < -0.3 is 10.2 Å². The molecule has 0 aromatic heterocycles. The summed E-state index contributed by atoms with van der Waals surface area (Å²) in [5, 5.41) is 2.89. The number of nitrogens with one attached hydrogen (secondary N) is 1. The maximum atomic E-state index is 14.4. The van der Waals surface area contributed by atoms with Crippen molar-refractivity contribution in [1.29, 1.82) is 0 Å². The van der Waals surface area contributed by atoms with Gasteiger partial charge in [-0.05, 0) is 67.3 Å². The summed E-state index contributed by atoms with van der Waals surface area (Å²) >= 11 is 0. The van der Waals surface area contributed by atoms with E-state index in [0.29, 0.717) is 12.2 Å². The van der Waals surface area contributed by atoms with E-state index in [9.17, 15) is 18.0 Å². The van der Waals surface area contributed by atoms with E-state index >= 15 is 0 Å². The van der Waals surface area contributed by atoms with E-state index < -0.39 is 28.5 Å². The molecule has 0 aliphatic carbocycles. The number of hydrogen-bond donors (Lipinski definition) is 1. The molecular weight excluding hydrogens is 546 g/mol. The quantitative estimate of drug-likeness (QED) is 0.246. The Labute approximate surface area is 248 Å². The number of hydrogen-bond acceptors (Lipinski definition) is 4. The number of benzene rings is 4. The molecule has 0 radical (unpaired) electrons. The van der Waals surface area contributed by atoms with Crippen molar-refractivity contribution in [3.05, 3.63) is 131 Å². The number of carbonyl (C=O) groups is 2. The van der Waals surface area contributed by atoms with Crippen molar-refractivity contribution < 1.29 is 18.0 Å². The van der Waals surface area contributed by atoms with Gasteiger partial charge in [-0.3, -0.25) is 13.9 Å². The number of anilines is 1. The Morgan fingerprint density at radius 1 is 0.810 bits per heavy atom. The molecule has 1 atom stereocenters. The predicted molar refractivity (Wildman–Crippen MR) is 166 cm³/mol. The largest absolute Gasteiger partial charge is 0.355 e. The number of sulfonamides is 1. The molecule has 42 heavy (non-hydrogen) atoms. The average molecular weight is 584 g/mol. The Morgan fingerprint density at radius 3 is 2.10 bits per heavy atom. The molecule has 0 aliphatic rings. The van der Waals surface area contributed by atoms with Crippen LogP contribution < -0.4 is 9.62 Å². The van der Waals surface area contributed by atoms with E-state index in [1.807, 2.05) is 81.4 Å². The molecule has 0 aliphatic heterocycles. The summed E-state index contributed by atoms with van der Waals surface area (Å²) in [6.45, 7) is 5.72.